The number of anilines is 1. The second-order valence-corrected chi connectivity index (χ2v) is 5.02. The van der Waals surface area contributed by atoms with Crippen molar-refractivity contribution in [1.29, 1.82) is 0 Å². The van der Waals surface area contributed by atoms with Gasteiger partial charge < -0.3 is 15.5 Å². The van der Waals surface area contributed by atoms with Crippen LogP contribution < -0.4 is 10.6 Å². The Morgan fingerprint density at radius 1 is 1.10 bits per heavy atom. The maximum atomic E-state index is 12.2. The SMILES string of the molecule is CCN(CC)CCN(C(=O)CN)c1c(C)cccc1C. The van der Waals surface area contributed by atoms with E-state index in [1.54, 1.807) is 0 Å². The summed E-state index contributed by atoms with van der Waals surface area (Å²) >= 11 is 0. The third kappa shape index (κ3) is 4.05. The highest BCUT2D eigenvalue weighted by Gasteiger charge is 2.18. The average molecular weight is 277 g/mol. The summed E-state index contributed by atoms with van der Waals surface area (Å²) in [5.41, 5.74) is 8.82. The molecule has 0 fully saturated rings. The van der Waals surface area contributed by atoms with E-state index >= 15 is 0 Å². The summed E-state index contributed by atoms with van der Waals surface area (Å²) in [5, 5.41) is 0. The molecule has 20 heavy (non-hydrogen) atoms. The molecule has 0 bridgehead atoms. The lowest BCUT2D eigenvalue weighted by Crippen LogP contribution is -2.42. The average Bonchev–Trinajstić information content (AvgIpc) is 2.45. The highest BCUT2D eigenvalue weighted by molar-refractivity contribution is 5.96. The molecule has 0 aliphatic rings. The molecule has 1 aromatic carbocycles. The second kappa shape index (κ2) is 8.02. The van der Waals surface area contributed by atoms with Gasteiger partial charge in [0.25, 0.3) is 0 Å². The lowest BCUT2D eigenvalue weighted by atomic mass is 10.1. The number of nitrogens with zero attached hydrogens (tertiary/aromatic N) is 2. The molecule has 0 unspecified atom stereocenters. The Morgan fingerprint density at radius 3 is 2.10 bits per heavy atom. The minimum Gasteiger partial charge on any atom is -0.322 e. The van der Waals surface area contributed by atoms with Crippen molar-refractivity contribution in [3.8, 4) is 0 Å². The highest BCUT2D eigenvalue weighted by atomic mass is 16.2. The number of carbonyl (C=O) groups excluding carboxylic acids is 1. The number of nitrogens with two attached hydrogens (primary N) is 1. The van der Waals surface area contributed by atoms with Crippen molar-refractivity contribution >= 4 is 11.6 Å². The molecule has 4 nitrogen and oxygen atoms in total. The molecule has 2 N–H and O–H groups in total. The molecular weight excluding hydrogens is 250 g/mol. The standard InChI is InChI=1S/C16H27N3O/c1-5-18(6-2)10-11-19(15(20)12-17)16-13(3)8-7-9-14(16)4/h7-9H,5-6,10-12,17H2,1-4H3. The van der Waals surface area contributed by atoms with Crippen molar-refractivity contribution in [2.75, 3.05) is 37.6 Å². The molecule has 0 aliphatic carbocycles. The van der Waals surface area contributed by atoms with E-state index in [1.807, 2.05) is 36.9 Å². The molecule has 1 rings (SSSR count). The summed E-state index contributed by atoms with van der Waals surface area (Å²) in [6, 6.07) is 6.09. The number of hydrogen-bond donors (Lipinski definition) is 1. The van der Waals surface area contributed by atoms with Crippen molar-refractivity contribution in [3.05, 3.63) is 29.3 Å². The van der Waals surface area contributed by atoms with Gasteiger partial charge in [0, 0.05) is 18.8 Å². The first kappa shape index (κ1) is 16.7. The minimum atomic E-state index is -0.0189. The maximum absolute atomic E-state index is 12.2. The first-order chi connectivity index (χ1) is 9.54. The van der Waals surface area contributed by atoms with Crippen LogP contribution in [0.3, 0.4) is 0 Å². The number of amides is 1. The highest BCUT2D eigenvalue weighted by Crippen LogP contribution is 2.24. The van der Waals surface area contributed by atoms with Gasteiger partial charge in [-0.15, -0.1) is 0 Å². The summed E-state index contributed by atoms with van der Waals surface area (Å²) in [6.45, 7) is 11.9. The predicted molar refractivity (Wildman–Crippen MR) is 85.1 cm³/mol. The Balaban J connectivity index is 2.98. The van der Waals surface area contributed by atoms with E-state index in [9.17, 15) is 4.79 Å². The zero-order valence-electron chi connectivity index (χ0n) is 13.1. The Labute approximate surface area is 122 Å². The van der Waals surface area contributed by atoms with Crippen LogP contribution in [0.15, 0.2) is 18.2 Å². The number of rotatable bonds is 7. The van der Waals surface area contributed by atoms with Crippen LogP contribution in [0.25, 0.3) is 0 Å². The van der Waals surface area contributed by atoms with E-state index in [1.165, 1.54) is 0 Å². The molecular formula is C16H27N3O. The van der Waals surface area contributed by atoms with Crippen molar-refractivity contribution in [1.82, 2.24) is 4.90 Å². The molecule has 0 saturated carbocycles. The molecule has 112 valence electrons. The van der Waals surface area contributed by atoms with Gasteiger partial charge in [-0.25, -0.2) is 0 Å². The Hall–Kier alpha value is -1.39. The topological polar surface area (TPSA) is 49.6 Å². The molecule has 0 heterocycles. The summed E-state index contributed by atoms with van der Waals surface area (Å²) in [6.07, 6.45) is 0. The Bertz CT molecular complexity index is 421. The summed E-state index contributed by atoms with van der Waals surface area (Å²) in [5.74, 6) is -0.0189. The zero-order chi connectivity index (χ0) is 15.1. The minimum absolute atomic E-state index is 0.0189. The number of likely N-dealkylation sites (N-methyl/N-ethyl adjacent to an activating group) is 1. The first-order valence-corrected chi connectivity index (χ1v) is 7.34. The predicted octanol–water partition coefficient (Wildman–Crippen LogP) is 1.94. The van der Waals surface area contributed by atoms with Gasteiger partial charge in [0.2, 0.25) is 5.91 Å². The fraction of sp³-hybridized carbons (Fsp3) is 0.562. The van der Waals surface area contributed by atoms with Crippen LogP contribution in [0.1, 0.15) is 25.0 Å². The van der Waals surface area contributed by atoms with Crippen LogP contribution in [0.5, 0.6) is 0 Å². The maximum Gasteiger partial charge on any atom is 0.240 e. The van der Waals surface area contributed by atoms with E-state index in [2.05, 4.69) is 18.7 Å². The van der Waals surface area contributed by atoms with Crippen molar-refractivity contribution in [3.63, 3.8) is 0 Å². The van der Waals surface area contributed by atoms with Crippen molar-refractivity contribution in [2.45, 2.75) is 27.7 Å². The fourth-order valence-corrected chi connectivity index (χ4v) is 2.48. The molecule has 1 amide bonds. The lowest BCUT2D eigenvalue weighted by Gasteiger charge is -2.28. The molecule has 0 spiro atoms. The summed E-state index contributed by atoms with van der Waals surface area (Å²) in [4.78, 5) is 16.3. The molecule has 0 atom stereocenters. The normalized spacial score (nSPS) is 10.9. The third-order valence-electron chi connectivity index (χ3n) is 3.72. The van der Waals surface area contributed by atoms with Crippen LogP contribution in [0.4, 0.5) is 5.69 Å². The van der Waals surface area contributed by atoms with Crippen molar-refractivity contribution < 1.29 is 4.79 Å². The van der Waals surface area contributed by atoms with Crippen LogP contribution in [0, 0.1) is 13.8 Å². The van der Waals surface area contributed by atoms with Crippen LogP contribution >= 0.6 is 0 Å². The molecule has 4 heteroatoms. The number of benzene rings is 1. The number of hydrogen-bond acceptors (Lipinski definition) is 3. The van der Waals surface area contributed by atoms with Crippen LogP contribution in [0.2, 0.25) is 0 Å². The number of aryl methyl sites for hydroxylation is 2. The zero-order valence-corrected chi connectivity index (χ0v) is 13.1. The van der Waals surface area contributed by atoms with Gasteiger partial charge in [-0.05, 0) is 38.1 Å². The van der Waals surface area contributed by atoms with Gasteiger partial charge in [-0.1, -0.05) is 32.0 Å². The fourth-order valence-electron chi connectivity index (χ4n) is 2.48. The van der Waals surface area contributed by atoms with Crippen LogP contribution in [-0.4, -0.2) is 43.5 Å². The van der Waals surface area contributed by atoms with E-state index in [4.69, 9.17) is 5.73 Å². The van der Waals surface area contributed by atoms with E-state index in [-0.39, 0.29) is 12.5 Å². The molecule has 1 aromatic rings. The third-order valence-corrected chi connectivity index (χ3v) is 3.72. The monoisotopic (exact) mass is 277 g/mol. The van der Waals surface area contributed by atoms with Gasteiger partial charge in [-0.3, -0.25) is 4.79 Å². The van der Waals surface area contributed by atoms with Gasteiger partial charge in [-0.2, -0.15) is 0 Å². The first-order valence-electron chi connectivity index (χ1n) is 7.34. The Kier molecular flexibility index (Phi) is 6.68. The van der Waals surface area contributed by atoms with Gasteiger partial charge in [0.15, 0.2) is 0 Å². The molecule has 0 saturated heterocycles. The van der Waals surface area contributed by atoms with Crippen molar-refractivity contribution in [2.24, 2.45) is 5.73 Å². The van der Waals surface area contributed by atoms with E-state index < -0.39 is 0 Å². The second-order valence-electron chi connectivity index (χ2n) is 5.02. The van der Waals surface area contributed by atoms with Gasteiger partial charge in [0.05, 0.1) is 6.54 Å². The van der Waals surface area contributed by atoms with Gasteiger partial charge in [0.1, 0.15) is 0 Å². The largest absolute Gasteiger partial charge is 0.322 e. The van der Waals surface area contributed by atoms with Crippen LogP contribution in [-0.2, 0) is 4.79 Å². The van der Waals surface area contributed by atoms with E-state index in [0.717, 1.165) is 36.4 Å². The quantitative estimate of drug-likeness (QED) is 0.828. The van der Waals surface area contributed by atoms with E-state index in [0.29, 0.717) is 6.54 Å². The molecule has 0 aliphatic heterocycles. The molecule has 0 radical (unpaired) electrons. The summed E-state index contributed by atoms with van der Waals surface area (Å²) < 4.78 is 0. The Morgan fingerprint density at radius 2 is 1.65 bits per heavy atom. The summed E-state index contributed by atoms with van der Waals surface area (Å²) in [7, 11) is 0. The number of para-hydroxylation sites is 1. The number of carbonyl (C=O) groups is 1. The lowest BCUT2D eigenvalue weighted by molar-refractivity contribution is -0.117. The molecule has 0 aromatic heterocycles. The smallest absolute Gasteiger partial charge is 0.240 e. The van der Waals surface area contributed by atoms with Gasteiger partial charge >= 0.3 is 0 Å².